The molecule has 30 heavy (non-hydrogen) atoms. The van der Waals surface area contributed by atoms with E-state index in [-0.39, 0.29) is 18.1 Å². The molecule has 0 unspecified atom stereocenters. The largest absolute Gasteiger partial charge is 0.488 e. The molecule has 0 radical (unpaired) electrons. The number of halogens is 4. The Labute approximate surface area is 183 Å². The van der Waals surface area contributed by atoms with Crippen LogP contribution in [0.5, 0.6) is 5.75 Å². The van der Waals surface area contributed by atoms with Crippen LogP contribution >= 0.6 is 23.4 Å². The summed E-state index contributed by atoms with van der Waals surface area (Å²) >= 11 is 11.8. The zero-order valence-corrected chi connectivity index (χ0v) is 17.8. The van der Waals surface area contributed by atoms with Gasteiger partial charge in [0.05, 0.1) is 13.2 Å². The molecular formula is C21H19Cl2F2N3O2. The molecule has 5 nitrogen and oxygen atoms in total. The number of rotatable bonds is 7. The van der Waals surface area contributed by atoms with E-state index in [1.807, 2.05) is 13.8 Å². The molecule has 3 aromatic rings. The zero-order chi connectivity index (χ0) is 21.7. The van der Waals surface area contributed by atoms with Crippen LogP contribution in [0.4, 0.5) is 8.78 Å². The van der Waals surface area contributed by atoms with Crippen molar-refractivity contribution in [3.63, 3.8) is 0 Å². The van der Waals surface area contributed by atoms with Crippen molar-refractivity contribution in [3.8, 4) is 5.75 Å². The average molecular weight is 454 g/mol. The van der Waals surface area contributed by atoms with Gasteiger partial charge in [0.25, 0.3) is 5.90 Å². The molecule has 158 valence electrons. The van der Waals surface area contributed by atoms with E-state index < -0.39 is 11.6 Å². The number of aromatic nitrogens is 2. The van der Waals surface area contributed by atoms with Gasteiger partial charge < -0.3 is 9.47 Å². The topological polar surface area (TPSA) is 48.6 Å². The predicted molar refractivity (Wildman–Crippen MR) is 112 cm³/mol. The van der Waals surface area contributed by atoms with Crippen molar-refractivity contribution in [2.45, 2.75) is 27.0 Å². The first-order valence-electron chi connectivity index (χ1n) is 9.13. The molecule has 9 heteroatoms. The number of nitrogens with zero attached hydrogens (tertiary/aromatic N) is 3. The molecule has 1 aromatic heterocycles. The molecule has 0 aliphatic carbocycles. The number of ether oxygens (including phenoxy) is 2. The van der Waals surface area contributed by atoms with Gasteiger partial charge >= 0.3 is 0 Å². The second-order valence-corrected chi connectivity index (χ2v) is 7.03. The Kier molecular flexibility index (Phi) is 7.29. The van der Waals surface area contributed by atoms with Crippen LogP contribution in [0.25, 0.3) is 0 Å². The number of benzene rings is 2. The van der Waals surface area contributed by atoms with E-state index in [9.17, 15) is 8.78 Å². The Hall–Kier alpha value is -2.64. The van der Waals surface area contributed by atoms with Crippen molar-refractivity contribution >= 4 is 29.3 Å². The minimum Gasteiger partial charge on any atom is -0.488 e. The third-order valence-electron chi connectivity index (χ3n) is 4.30. The van der Waals surface area contributed by atoms with Gasteiger partial charge in [0.2, 0.25) is 0 Å². The molecule has 0 aliphatic heterocycles. The summed E-state index contributed by atoms with van der Waals surface area (Å²) in [5, 5.41) is 5.00. The van der Waals surface area contributed by atoms with Crippen molar-refractivity contribution in [1.82, 2.24) is 9.78 Å². The van der Waals surface area contributed by atoms with E-state index in [1.54, 1.807) is 28.9 Å². The van der Waals surface area contributed by atoms with Gasteiger partial charge in [0.1, 0.15) is 29.7 Å². The molecule has 1 heterocycles. The smallest absolute Gasteiger partial charge is 0.254 e. The molecule has 0 aliphatic rings. The van der Waals surface area contributed by atoms with Crippen LogP contribution in [-0.2, 0) is 17.9 Å². The molecule has 0 spiro atoms. The second kappa shape index (κ2) is 9.91. The average Bonchev–Trinajstić information content (AvgIpc) is 3.06. The molecule has 0 atom stereocenters. The van der Waals surface area contributed by atoms with E-state index in [2.05, 4.69) is 9.61 Å². The summed E-state index contributed by atoms with van der Waals surface area (Å²) in [5.74, 6) is -0.562. The summed E-state index contributed by atoms with van der Waals surface area (Å²) in [4.78, 5) is 0. The van der Waals surface area contributed by atoms with Crippen LogP contribution in [0.15, 0.2) is 47.0 Å². The quantitative estimate of drug-likeness (QED) is 0.341. The second-order valence-electron chi connectivity index (χ2n) is 6.43. The van der Waals surface area contributed by atoms with Gasteiger partial charge in [-0.1, -0.05) is 11.6 Å². The highest BCUT2D eigenvalue weighted by atomic mass is 35.5. The van der Waals surface area contributed by atoms with Gasteiger partial charge in [-0.25, -0.2) is 8.78 Å². The third-order valence-corrected chi connectivity index (χ3v) is 4.69. The molecular weight excluding hydrogens is 435 g/mol. The van der Waals surface area contributed by atoms with E-state index in [4.69, 9.17) is 32.9 Å². The van der Waals surface area contributed by atoms with Crippen LogP contribution in [-0.4, -0.2) is 22.3 Å². The summed E-state index contributed by atoms with van der Waals surface area (Å²) < 4.78 is 43.5. The van der Waals surface area contributed by atoms with Crippen molar-refractivity contribution in [2.75, 3.05) is 6.61 Å². The summed E-state index contributed by atoms with van der Waals surface area (Å²) in [6.45, 7) is 4.40. The number of hydrogen-bond acceptors (Lipinski definition) is 4. The zero-order valence-electron chi connectivity index (χ0n) is 16.3. The highest BCUT2D eigenvalue weighted by Gasteiger charge is 2.14. The maximum atomic E-state index is 13.9. The van der Waals surface area contributed by atoms with Gasteiger partial charge in [-0.05, 0) is 50.2 Å². The number of aryl methyl sites for hydroxylation is 1. The van der Waals surface area contributed by atoms with E-state index >= 15 is 0 Å². The van der Waals surface area contributed by atoms with Gasteiger partial charge in [0, 0.05) is 39.7 Å². The van der Waals surface area contributed by atoms with Crippen LogP contribution < -0.4 is 4.74 Å². The summed E-state index contributed by atoms with van der Waals surface area (Å²) in [5.41, 5.74) is 2.33. The summed E-state index contributed by atoms with van der Waals surface area (Å²) in [7, 11) is 0. The van der Waals surface area contributed by atoms with E-state index in [0.717, 1.165) is 17.3 Å². The minimum absolute atomic E-state index is 0.0581. The molecule has 0 saturated heterocycles. The van der Waals surface area contributed by atoms with Crippen molar-refractivity contribution < 1.29 is 18.3 Å². The standard InChI is InChI=1S/C21H19Cl2F2N3O2/c1-3-29-21(26-23)19-8-13(2)28(27-19)11-15-9-16(22)5-7-20(15)30-12-14-4-6-17(24)10-18(14)25/h4-10H,3,11-12H2,1-2H3/b26-21-. The lowest BCUT2D eigenvalue weighted by atomic mass is 10.2. The van der Waals surface area contributed by atoms with Crippen molar-refractivity contribution in [3.05, 3.63) is 81.6 Å². The van der Waals surface area contributed by atoms with Crippen LogP contribution in [0.1, 0.15) is 29.4 Å². The molecule has 0 fully saturated rings. The van der Waals surface area contributed by atoms with Gasteiger partial charge in [-0.3, -0.25) is 4.68 Å². The fourth-order valence-corrected chi connectivity index (χ4v) is 3.15. The fraction of sp³-hybridized carbons (Fsp3) is 0.238. The molecule has 0 N–H and O–H groups in total. The predicted octanol–water partition coefficient (Wildman–Crippen LogP) is 5.69. The molecule has 2 aromatic carbocycles. The van der Waals surface area contributed by atoms with Crippen molar-refractivity contribution in [1.29, 1.82) is 0 Å². The summed E-state index contributed by atoms with van der Waals surface area (Å²) in [6.07, 6.45) is 0. The Balaban J connectivity index is 1.83. The van der Waals surface area contributed by atoms with E-state index in [1.165, 1.54) is 12.1 Å². The van der Waals surface area contributed by atoms with Crippen LogP contribution in [0, 0.1) is 18.6 Å². The van der Waals surface area contributed by atoms with Gasteiger partial charge in [-0.15, -0.1) is 4.51 Å². The Morgan fingerprint density at radius 2 is 1.93 bits per heavy atom. The number of hydrogen-bond donors (Lipinski definition) is 0. The van der Waals surface area contributed by atoms with E-state index in [0.29, 0.717) is 29.6 Å². The Morgan fingerprint density at radius 3 is 2.63 bits per heavy atom. The first-order valence-corrected chi connectivity index (χ1v) is 9.84. The lowest BCUT2D eigenvalue weighted by molar-refractivity contribution is 0.295. The highest BCUT2D eigenvalue weighted by Crippen LogP contribution is 2.26. The minimum atomic E-state index is -0.665. The van der Waals surface area contributed by atoms with Gasteiger partial charge in [0.15, 0.2) is 0 Å². The van der Waals surface area contributed by atoms with Gasteiger partial charge in [-0.2, -0.15) is 5.10 Å². The molecule has 0 bridgehead atoms. The van der Waals surface area contributed by atoms with Crippen LogP contribution in [0.3, 0.4) is 0 Å². The van der Waals surface area contributed by atoms with Crippen molar-refractivity contribution in [2.24, 2.45) is 4.51 Å². The third kappa shape index (κ3) is 5.29. The lowest BCUT2D eigenvalue weighted by Crippen LogP contribution is -2.10. The Bertz CT molecular complexity index is 1070. The summed E-state index contributed by atoms with van der Waals surface area (Å²) in [6, 6.07) is 10.3. The molecule has 3 rings (SSSR count). The first-order chi connectivity index (χ1) is 14.4. The first kappa shape index (κ1) is 22.1. The normalized spacial score (nSPS) is 11.6. The SMILES string of the molecule is CCO/C(=N\Cl)c1cc(C)n(Cc2cc(Cl)ccc2OCc2ccc(F)cc2F)n1. The molecule has 0 saturated carbocycles. The maximum absolute atomic E-state index is 13.9. The Morgan fingerprint density at radius 1 is 1.13 bits per heavy atom. The monoisotopic (exact) mass is 453 g/mol. The fourth-order valence-electron chi connectivity index (χ4n) is 2.82. The highest BCUT2D eigenvalue weighted by molar-refractivity contribution is 6.30. The lowest BCUT2D eigenvalue weighted by Gasteiger charge is -2.13. The maximum Gasteiger partial charge on any atom is 0.254 e. The van der Waals surface area contributed by atoms with Crippen LogP contribution in [0.2, 0.25) is 5.02 Å². The molecule has 0 amide bonds.